The lowest BCUT2D eigenvalue weighted by atomic mass is 10.3. The molecule has 1 aliphatic carbocycles. The van der Waals surface area contributed by atoms with Crippen LogP contribution in [0.15, 0.2) is 15.4 Å². The second-order valence-electron chi connectivity index (χ2n) is 4.99. The summed E-state index contributed by atoms with van der Waals surface area (Å²) < 4.78 is 33.1. The first-order valence-electron chi connectivity index (χ1n) is 6.91. The first-order valence-corrected chi connectivity index (χ1v) is 9.44. The van der Waals surface area contributed by atoms with Gasteiger partial charge in [-0.15, -0.1) is 0 Å². The smallest absolute Gasteiger partial charge is 0.244 e. The van der Waals surface area contributed by atoms with E-state index in [2.05, 4.69) is 11.6 Å². The molecule has 0 aliphatic heterocycles. The molecule has 20 heavy (non-hydrogen) atoms. The van der Waals surface area contributed by atoms with Gasteiger partial charge in [-0.05, 0) is 25.5 Å². The summed E-state index contributed by atoms with van der Waals surface area (Å²) in [6, 6.07) is 1.54. The Morgan fingerprint density at radius 3 is 2.85 bits per heavy atom. The Hall–Kier alpha value is -0.500. The maximum absolute atomic E-state index is 12.5. The van der Waals surface area contributed by atoms with Crippen molar-refractivity contribution in [3.05, 3.63) is 17.6 Å². The molecule has 2 rings (SSSR count). The fraction of sp³-hybridized carbons (Fsp3) is 0.692. The molecule has 0 bridgehead atoms. The van der Waals surface area contributed by atoms with E-state index in [0.29, 0.717) is 16.8 Å². The Kier molecular flexibility index (Phi) is 5.17. The van der Waals surface area contributed by atoms with Gasteiger partial charge in [0.2, 0.25) is 10.0 Å². The van der Waals surface area contributed by atoms with Crippen LogP contribution < -0.4 is 10.5 Å². The lowest BCUT2D eigenvalue weighted by molar-refractivity contribution is 0.478. The topological polar surface area (TPSA) is 85.3 Å². The molecule has 3 N–H and O–H groups in total. The molecule has 0 aromatic carbocycles. The molecule has 5 nitrogen and oxygen atoms in total. The summed E-state index contributed by atoms with van der Waals surface area (Å²) in [5.41, 5.74) is 5.49. The number of rotatable bonds is 6. The van der Waals surface area contributed by atoms with Crippen LogP contribution in [-0.4, -0.2) is 25.5 Å². The summed E-state index contributed by atoms with van der Waals surface area (Å²) in [5, 5.41) is 0.371. The fourth-order valence-corrected chi connectivity index (χ4v) is 5.43. The van der Waals surface area contributed by atoms with Crippen molar-refractivity contribution in [3.8, 4) is 0 Å². The van der Waals surface area contributed by atoms with Crippen LogP contribution in [0.2, 0.25) is 0 Å². The lowest BCUT2D eigenvalue weighted by Crippen LogP contribution is -2.38. The molecule has 0 spiro atoms. The van der Waals surface area contributed by atoms with E-state index in [1.165, 1.54) is 6.07 Å². The number of nitrogens with two attached hydrogens (primary N) is 1. The van der Waals surface area contributed by atoms with Crippen molar-refractivity contribution in [1.82, 2.24) is 4.72 Å². The second-order valence-corrected chi connectivity index (χ2v) is 8.19. The molecule has 0 saturated heterocycles. The first-order chi connectivity index (χ1) is 9.47. The molecule has 0 radical (unpaired) electrons. The minimum absolute atomic E-state index is 0.0144. The van der Waals surface area contributed by atoms with Gasteiger partial charge in [-0.3, -0.25) is 0 Å². The van der Waals surface area contributed by atoms with E-state index in [1.54, 1.807) is 6.92 Å². The predicted octanol–water partition coefficient (Wildman–Crippen LogP) is 2.00. The second kappa shape index (κ2) is 6.51. The monoisotopic (exact) mass is 318 g/mol. The Balaban J connectivity index is 2.16. The van der Waals surface area contributed by atoms with Crippen molar-refractivity contribution < 1.29 is 12.8 Å². The van der Waals surface area contributed by atoms with Crippen LogP contribution in [0.5, 0.6) is 0 Å². The van der Waals surface area contributed by atoms with Crippen LogP contribution in [0.4, 0.5) is 0 Å². The van der Waals surface area contributed by atoms with E-state index < -0.39 is 10.0 Å². The average Bonchev–Trinajstić information content (AvgIpc) is 2.97. The number of furan rings is 1. The third-order valence-corrected chi connectivity index (χ3v) is 6.48. The van der Waals surface area contributed by atoms with E-state index in [0.717, 1.165) is 25.0 Å². The molecule has 1 saturated carbocycles. The Labute approximate surface area is 124 Å². The summed E-state index contributed by atoms with van der Waals surface area (Å²) in [6.45, 7) is 3.96. The molecule has 2 atom stereocenters. The van der Waals surface area contributed by atoms with Crippen LogP contribution in [0, 0.1) is 6.92 Å². The first kappa shape index (κ1) is 15.9. The van der Waals surface area contributed by atoms with E-state index in [9.17, 15) is 8.42 Å². The van der Waals surface area contributed by atoms with Gasteiger partial charge in [-0.25, -0.2) is 13.1 Å². The Morgan fingerprint density at radius 1 is 1.50 bits per heavy atom. The third kappa shape index (κ3) is 3.39. The van der Waals surface area contributed by atoms with Crippen LogP contribution in [0.3, 0.4) is 0 Å². The quantitative estimate of drug-likeness (QED) is 0.838. The van der Waals surface area contributed by atoms with Gasteiger partial charge in [0, 0.05) is 17.4 Å². The zero-order valence-electron chi connectivity index (χ0n) is 11.9. The number of hydrogen-bond donors (Lipinski definition) is 2. The van der Waals surface area contributed by atoms with Gasteiger partial charge in [0.15, 0.2) is 0 Å². The van der Waals surface area contributed by atoms with Crippen molar-refractivity contribution in [2.45, 2.75) is 55.8 Å². The molecule has 2 unspecified atom stereocenters. The van der Waals surface area contributed by atoms with Crippen LogP contribution in [0.25, 0.3) is 0 Å². The zero-order valence-corrected chi connectivity index (χ0v) is 13.5. The van der Waals surface area contributed by atoms with Crippen molar-refractivity contribution >= 4 is 21.8 Å². The van der Waals surface area contributed by atoms with Crippen molar-refractivity contribution in [3.63, 3.8) is 0 Å². The van der Waals surface area contributed by atoms with E-state index in [-0.39, 0.29) is 17.5 Å². The molecule has 1 aromatic heterocycles. The highest BCUT2D eigenvalue weighted by Crippen LogP contribution is 2.31. The Bertz CT molecular complexity index is 554. The third-order valence-electron chi connectivity index (χ3n) is 3.55. The van der Waals surface area contributed by atoms with Gasteiger partial charge in [-0.1, -0.05) is 13.3 Å². The number of hydrogen-bond acceptors (Lipinski definition) is 5. The molecule has 1 aliphatic rings. The molecule has 114 valence electrons. The molecule has 7 heteroatoms. The summed E-state index contributed by atoms with van der Waals surface area (Å²) in [6.07, 6.45) is 3.05. The standard InChI is InChI=1S/C13H22N2O3S2/c1-3-19-12-6-4-5-11(12)15-20(16,17)13-7-10(8-14)18-9(13)2/h7,11-12,15H,3-6,8,14H2,1-2H3. The highest BCUT2D eigenvalue weighted by atomic mass is 32.2. The largest absolute Gasteiger partial charge is 0.464 e. The predicted molar refractivity (Wildman–Crippen MR) is 81.2 cm³/mol. The Morgan fingerprint density at radius 2 is 2.25 bits per heavy atom. The van der Waals surface area contributed by atoms with Gasteiger partial charge in [0.25, 0.3) is 0 Å². The van der Waals surface area contributed by atoms with Crippen LogP contribution in [0.1, 0.15) is 37.7 Å². The van der Waals surface area contributed by atoms with Crippen LogP contribution >= 0.6 is 11.8 Å². The molecule has 1 heterocycles. The maximum Gasteiger partial charge on any atom is 0.244 e. The summed E-state index contributed by atoms with van der Waals surface area (Å²) in [5.74, 6) is 1.90. The lowest BCUT2D eigenvalue weighted by Gasteiger charge is -2.19. The van der Waals surface area contributed by atoms with Gasteiger partial charge in [0.05, 0.1) is 6.54 Å². The summed E-state index contributed by atoms with van der Waals surface area (Å²) in [4.78, 5) is 0.213. The molecule has 1 aromatic rings. The number of aryl methyl sites for hydroxylation is 1. The van der Waals surface area contributed by atoms with E-state index in [1.807, 2.05) is 11.8 Å². The molecular formula is C13H22N2O3S2. The highest BCUT2D eigenvalue weighted by Gasteiger charge is 2.32. The van der Waals surface area contributed by atoms with Gasteiger partial charge < -0.3 is 10.2 Å². The van der Waals surface area contributed by atoms with Gasteiger partial charge in [-0.2, -0.15) is 11.8 Å². The molecular weight excluding hydrogens is 296 g/mol. The fourth-order valence-electron chi connectivity index (χ4n) is 2.63. The minimum Gasteiger partial charge on any atom is -0.464 e. The van der Waals surface area contributed by atoms with Gasteiger partial charge >= 0.3 is 0 Å². The number of thioether (sulfide) groups is 1. The number of sulfonamides is 1. The van der Waals surface area contributed by atoms with Crippen LogP contribution in [-0.2, 0) is 16.6 Å². The average molecular weight is 318 g/mol. The summed E-state index contributed by atoms with van der Waals surface area (Å²) in [7, 11) is -3.53. The van der Waals surface area contributed by atoms with Crippen molar-refractivity contribution in [1.29, 1.82) is 0 Å². The van der Waals surface area contributed by atoms with Crippen molar-refractivity contribution in [2.75, 3.05) is 5.75 Å². The number of nitrogens with one attached hydrogen (secondary N) is 1. The van der Waals surface area contributed by atoms with Crippen molar-refractivity contribution in [2.24, 2.45) is 5.73 Å². The maximum atomic E-state index is 12.5. The molecule has 0 amide bonds. The highest BCUT2D eigenvalue weighted by molar-refractivity contribution is 8.00. The normalized spacial score (nSPS) is 23.4. The SMILES string of the molecule is CCSC1CCCC1NS(=O)(=O)c1cc(CN)oc1C. The van der Waals surface area contributed by atoms with E-state index in [4.69, 9.17) is 10.2 Å². The zero-order chi connectivity index (χ0) is 14.8. The van der Waals surface area contributed by atoms with E-state index >= 15 is 0 Å². The molecule has 1 fully saturated rings. The minimum atomic E-state index is -3.53. The summed E-state index contributed by atoms with van der Waals surface area (Å²) >= 11 is 1.83. The van der Waals surface area contributed by atoms with Gasteiger partial charge in [0.1, 0.15) is 16.4 Å².